The molecule has 12 aromatic rings. The first kappa shape index (κ1) is 112. The number of hydrogen-bond donors (Lipinski definition) is 9. The number of anilines is 6. The van der Waals surface area contributed by atoms with E-state index in [1.165, 1.54) is 11.6 Å². The lowest BCUT2D eigenvalue weighted by Gasteiger charge is -2.18. The summed E-state index contributed by atoms with van der Waals surface area (Å²) in [6.45, 7) is 39.3. The summed E-state index contributed by atoms with van der Waals surface area (Å²) in [4.78, 5) is 123. The zero-order valence-corrected chi connectivity index (χ0v) is 89.6. The van der Waals surface area contributed by atoms with Gasteiger partial charge in [0.15, 0.2) is 23.1 Å². The van der Waals surface area contributed by atoms with Crippen LogP contribution in [-0.4, -0.2) is 106 Å². The van der Waals surface area contributed by atoms with Crippen molar-refractivity contribution < 1.29 is 77.5 Å². The molecule has 0 radical (unpaired) electrons. The van der Waals surface area contributed by atoms with E-state index in [2.05, 4.69) is 85.2 Å². The maximum atomic E-state index is 12.7. The third-order valence-corrected chi connectivity index (χ3v) is 23.9. The van der Waals surface area contributed by atoms with Crippen LogP contribution in [0.15, 0.2) is 218 Å². The molecular formula is C116H129BBr3N6O16P. The molecule has 143 heavy (non-hydrogen) atoms. The van der Waals surface area contributed by atoms with Gasteiger partial charge in [-0.3, -0.25) is 47.9 Å². The van der Waals surface area contributed by atoms with Crippen LogP contribution in [0.1, 0.15) is 249 Å². The molecule has 9 N–H and O–H groups in total. The molecule has 3 atom stereocenters. The van der Waals surface area contributed by atoms with Gasteiger partial charge in [0, 0.05) is 94.4 Å². The predicted molar refractivity (Wildman–Crippen MR) is 594 cm³/mol. The minimum atomic E-state index is -0.628. The van der Waals surface area contributed by atoms with Crippen LogP contribution in [0.4, 0.5) is 34.1 Å². The summed E-state index contributed by atoms with van der Waals surface area (Å²) >= 11 is 9.31. The largest absolute Gasteiger partial charge is 0.507 e. The molecule has 6 aliphatic carbocycles. The number of fused-ring (bicyclic) bond motifs is 18. The van der Waals surface area contributed by atoms with Crippen molar-refractivity contribution >= 4 is 152 Å². The van der Waals surface area contributed by atoms with Crippen molar-refractivity contribution in [2.24, 2.45) is 32.5 Å². The number of methoxy groups -OCH3 is 3. The van der Waals surface area contributed by atoms with Crippen molar-refractivity contribution in [1.82, 2.24) is 0 Å². The van der Waals surface area contributed by atoms with Crippen LogP contribution in [0.2, 0.25) is 0 Å². The summed E-state index contributed by atoms with van der Waals surface area (Å²) in [6.07, 6.45) is -1.25. The van der Waals surface area contributed by atoms with Crippen LogP contribution in [-0.2, 0) is 28.8 Å². The highest BCUT2D eigenvalue weighted by atomic mass is 79.9. The first-order valence-corrected chi connectivity index (χ1v) is 49.6. The lowest BCUT2D eigenvalue weighted by atomic mass is 9.95. The van der Waals surface area contributed by atoms with Crippen LogP contribution >= 0.6 is 56.5 Å². The fourth-order valence-corrected chi connectivity index (χ4v) is 16.0. The second-order valence-electron chi connectivity index (χ2n) is 40.7. The van der Waals surface area contributed by atoms with Crippen molar-refractivity contribution in [2.45, 2.75) is 166 Å². The average molecular weight is 2150 g/mol. The number of ketones is 4. The number of phenolic OH excluding ortho intramolecular Hbond substituents is 1. The molecule has 12 aromatic carbocycles. The molecule has 0 saturated carbocycles. The number of amides is 6. The molecular weight excluding hydrogens is 2010 g/mol. The van der Waals surface area contributed by atoms with Gasteiger partial charge in [-0.2, -0.15) is 0 Å². The first-order valence-electron chi connectivity index (χ1n) is 46.3. The third kappa shape index (κ3) is 25.7. The monoisotopic (exact) mass is 2140 g/mol. The second kappa shape index (κ2) is 45.8. The van der Waals surface area contributed by atoms with Crippen LogP contribution in [0.25, 0.3) is 66.8 Å². The van der Waals surface area contributed by atoms with Crippen LogP contribution in [0.5, 0.6) is 23.0 Å². The molecule has 3 unspecified atom stereocenters. The van der Waals surface area contributed by atoms with Crippen molar-refractivity contribution in [3.05, 3.63) is 296 Å². The molecule has 748 valence electrons. The molecule has 0 heterocycles. The van der Waals surface area contributed by atoms with E-state index in [-0.39, 0.29) is 82.4 Å². The van der Waals surface area contributed by atoms with E-state index in [4.69, 9.17) is 15.5 Å². The summed E-state index contributed by atoms with van der Waals surface area (Å²) in [6, 6.07) is 66.8. The van der Waals surface area contributed by atoms with E-state index in [0.717, 1.165) is 112 Å². The topological polar surface area (TPSA) is 331 Å². The molecule has 22 nitrogen and oxygen atoms in total. The standard InChI is InChI=1S/3C19H19NO3.2C19H21NO2.C18H17NO3.CH5P.2CH4.BBr3/c1-19(2,3)18(22)20-11-5-7-13-15-10-12(23-4)6-8-14(15)17(21)16(13)9-11;2*1-19(2,3)18(22)20-11-8-9-12-13-6-5-7-15(23-4)16(13)17(21)14(12)10-11;1-11-5-7-14-15(9-11)13-8-6-12(10-16(13)17(14)21)20-18(22)19(2,3)4;1-11-6-5-7-14-13-9-8-12(20-18(22)19(2,3)4)10-15(13)17(21)16(11)14;1-18(2,3)17(22)19-10-7-8-11-12-5-4-6-14(20)15(12)16(21)13(11)9-10;1-2;;;2-1(3)4/h3*5-10H,1-4H3,(H,20,22);2*5-10,17,21H,1-4H3,(H,20,22);4-9,20H,1-3H3,(H,19,22);2H2,1H3;2*1H4;/i;;;;;;2D;;;. The molecule has 6 amide bonds. The third-order valence-electron chi connectivity index (χ3n) is 23.9. The molecule has 0 fully saturated rings. The summed E-state index contributed by atoms with van der Waals surface area (Å²) < 4.78 is 22.4. The molecule has 18 rings (SSSR count). The van der Waals surface area contributed by atoms with E-state index in [9.17, 15) is 63.3 Å². The number of aromatic hydroxyl groups is 1. The summed E-state index contributed by atoms with van der Waals surface area (Å²) in [5.74, 6) is 1.04. The van der Waals surface area contributed by atoms with Crippen molar-refractivity contribution in [3.63, 3.8) is 0 Å². The maximum absolute atomic E-state index is 12.7. The van der Waals surface area contributed by atoms with Gasteiger partial charge in [-0.1, -0.05) is 261 Å². The van der Waals surface area contributed by atoms with Crippen LogP contribution in [0.3, 0.4) is 0 Å². The van der Waals surface area contributed by atoms with Gasteiger partial charge in [0.25, 0.3) is 0 Å². The molecule has 0 spiro atoms. The van der Waals surface area contributed by atoms with Gasteiger partial charge in [0.2, 0.25) is 35.4 Å². The summed E-state index contributed by atoms with van der Waals surface area (Å²) in [7, 11) is 5.05. The minimum Gasteiger partial charge on any atom is -0.507 e. The Morgan fingerprint density at radius 3 is 0.972 bits per heavy atom. The summed E-state index contributed by atoms with van der Waals surface area (Å²) in [5.41, 5.74) is 22.4. The number of ether oxygens (including phenoxy) is 3. The zero-order valence-electron chi connectivity index (χ0n) is 84.8. The number of aryl methyl sites for hydroxylation is 2. The highest BCUT2D eigenvalue weighted by molar-refractivity contribution is 9.69. The number of phenols is 1. The van der Waals surface area contributed by atoms with E-state index in [0.29, 0.717) is 87.9 Å². The molecule has 0 aliphatic heterocycles. The lowest BCUT2D eigenvalue weighted by Crippen LogP contribution is -2.27. The number of carbonyl (C=O) groups excluding carboxylic acids is 10. The number of rotatable bonds is 9. The van der Waals surface area contributed by atoms with Gasteiger partial charge in [-0.25, -0.2) is 0 Å². The zero-order chi connectivity index (χ0) is 105. The van der Waals surface area contributed by atoms with E-state index >= 15 is 0 Å². The van der Waals surface area contributed by atoms with Crippen LogP contribution < -0.4 is 46.1 Å². The first-order chi connectivity index (χ1) is 66.4. The van der Waals surface area contributed by atoms with Crippen molar-refractivity contribution in [3.8, 4) is 89.8 Å². The van der Waals surface area contributed by atoms with Gasteiger partial charge >= 0.3 is 3.18 Å². The minimum absolute atomic E-state index is 0. The van der Waals surface area contributed by atoms with Gasteiger partial charge < -0.3 is 61.4 Å². The van der Waals surface area contributed by atoms with E-state index < -0.39 is 44.7 Å². The molecule has 0 saturated heterocycles. The van der Waals surface area contributed by atoms with Crippen LogP contribution in [0, 0.1) is 46.3 Å². The Morgan fingerprint density at radius 1 is 0.322 bits per heavy atom. The average Bonchev–Trinajstić information content (AvgIpc) is 1.61. The molecule has 27 heteroatoms. The van der Waals surface area contributed by atoms with Gasteiger partial charge in [0.1, 0.15) is 35.2 Å². The second-order valence-corrected chi connectivity index (χ2v) is 47.2. The van der Waals surface area contributed by atoms with E-state index in [1.54, 1.807) is 88.1 Å². The normalized spacial score (nSPS) is 13.4. The Bertz CT molecular complexity index is 6830. The fourth-order valence-electron chi connectivity index (χ4n) is 16.0. The Hall–Kier alpha value is -12.8. The summed E-state index contributed by atoms with van der Waals surface area (Å²) in [5, 5.41) is 48.3. The highest BCUT2D eigenvalue weighted by Crippen LogP contribution is 2.50. The Kier molecular flexibility index (Phi) is 36.0. The highest BCUT2D eigenvalue weighted by Gasteiger charge is 2.38. The number of aliphatic hydroxyl groups is 2. The number of carbonyl (C=O) groups is 10. The van der Waals surface area contributed by atoms with Crippen molar-refractivity contribution in [1.29, 1.82) is 1.28 Å². The quantitative estimate of drug-likeness (QED) is 0.0479. The predicted octanol–water partition coefficient (Wildman–Crippen LogP) is 27.3. The molecule has 0 aromatic heterocycles. The van der Waals surface area contributed by atoms with Crippen molar-refractivity contribution in [2.75, 3.05) is 59.9 Å². The van der Waals surface area contributed by atoms with Gasteiger partial charge in [0.05, 0.1) is 39.3 Å². The number of aliphatic hydroxyl groups excluding tert-OH is 2. The molecule has 6 aliphatic rings. The van der Waals surface area contributed by atoms with Gasteiger partial charge in [-0.15, -0.1) is 56.5 Å². The Balaban J connectivity index is 0.000000189. The van der Waals surface area contributed by atoms with Gasteiger partial charge in [-0.05, 0) is 218 Å². The van der Waals surface area contributed by atoms with E-state index in [1.807, 2.05) is 285 Å². The maximum Gasteiger partial charge on any atom is 0.369 e. The number of nitrogens with one attached hydrogen (secondary N) is 6. The Morgan fingerprint density at radius 2 is 0.615 bits per heavy atom. The molecule has 0 bridgehead atoms. The smallest absolute Gasteiger partial charge is 0.369 e. The fraction of sp³-hybridized carbons (Fsp3) is 0.293. The number of benzene rings is 12. The lowest BCUT2D eigenvalue weighted by molar-refractivity contribution is -0.123. The Labute approximate surface area is 868 Å². The number of hydrogen-bond acceptors (Lipinski definition) is 16. The number of halogens is 3. The SMILES string of the molecule is BrB(Br)Br.C.C.CC(C)(C)C(=O)Nc1ccc2c(c1)C(=O)c1c(O)cccc1-2.COc1ccc2c(c1)-c1ccc(NC(=O)C(C)(C)C)cc1C2=O.COc1cccc2c1C(=O)c1cc(NC(=O)C(C)(C)C)ccc1-2.COc1cccc2c1C(=O)c1cc(NC(=O)C(C)(C)C)ccc1-2.Cc1ccc2c(c1)-c1ccc(NC(=O)C(C)(C)C)cc1C2O.Cc1cccc2c1C(O)c1cc(NC(=O)C(C)(C)C)ccc1-2.[2H]PC.